The van der Waals surface area contributed by atoms with E-state index in [1.807, 2.05) is 32.0 Å². The number of aliphatic carboxylic acids is 1. The van der Waals surface area contributed by atoms with Crippen LogP contribution in [-0.4, -0.2) is 11.1 Å². The highest BCUT2D eigenvalue weighted by molar-refractivity contribution is 5.71. The summed E-state index contributed by atoms with van der Waals surface area (Å²) in [5.74, 6) is -0.203. The lowest BCUT2D eigenvalue weighted by atomic mass is 9.76. The number of benzene rings is 3. The number of aryl methyl sites for hydroxylation is 2. The molecule has 1 unspecified atom stereocenters. The average Bonchev–Trinajstić information content (AvgIpc) is 3.65. The number of carbonyl (C=O) groups is 1. The Hall–Kier alpha value is -2.94. The van der Waals surface area contributed by atoms with Crippen LogP contribution in [0.5, 0.6) is 0 Å². The molecule has 2 nitrogen and oxygen atoms in total. The Kier molecular flexibility index (Phi) is 5.82. The van der Waals surface area contributed by atoms with Crippen molar-refractivity contribution in [2.75, 3.05) is 0 Å². The first-order valence-corrected chi connectivity index (χ1v) is 12.1. The van der Waals surface area contributed by atoms with Gasteiger partial charge >= 0.3 is 5.97 Å². The van der Waals surface area contributed by atoms with Gasteiger partial charge in [0.2, 0.25) is 0 Å². The number of fused-ring (bicyclic) bond motifs is 1. The van der Waals surface area contributed by atoms with Gasteiger partial charge in [-0.1, -0.05) is 61.0 Å². The third-order valence-corrected chi connectivity index (χ3v) is 7.72. The number of rotatable bonds is 6. The SMILES string of the molecule is Cc1ccc(F)c(-c2ccc(C3CCc4ccc([C@H](C5CC5)[C@H](C)C(=O)O)cc4C3)cc2)c1. The minimum Gasteiger partial charge on any atom is -0.481 e. The van der Waals surface area contributed by atoms with Crippen LogP contribution < -0.4 is 0 Å². The van der Waals surface area contributed by atoms with E-state index in [0.717, 1.165) is 43.2 Å². The van der Waals surface area contributed by atoms with Gasteiger partial charge in [0.15, 0.2) is 0 Å². The molecule has 0 spiro atoms. The summed E-state index contributed by atoms with van der Waals surface area (Å²) in [4.78, 5) is 11.7. The Morgan fingerprint density at radius 2 is 1.73 bits per heavy atom. The second-order valence-electron chi connectivity index (χ2n) is 10.1. The van der Waals surface area contributed by atoms with Crippen LogP contribution in [0.4, 0.5) is 4.39 Å². The van der Waals surface area contributed by atoms with Gasteiger partial charge in [0.05, 0.1) is 5.92 Å². The van der Waals surface area contributed by atoms with Crippen LogP contribution in [0.1, 0.15) is 65.8 Å². The normalized spacial score (nSPS) is 19.5. The molecule has 3 aromatic carbocycles. The first-order chi connectivity index (χ1) is 15.9. The van der Waals surface area contributed by atoms with Gasteiger partial charge in [-0.25, -0.2) is 4.39 Å². The second kappa shape index (κ2) is 8.78. The van der Waals surface area contributed by atoms with E-state index in [9.17, 15) is 14.3 Å². The lowest BCUT2D eigenvalue weighted by Gasteiger charge is -2.28. The molecule has 0 aromatic heterocycles. The molecule has 0 amide bonds. The standard InChI is InChI=1S/C30H31FO2/c1-18-3-14-28(31)27(15-18)22-8-4-20(5-9-22)24-12-6-21-7-13-25(17-26(21)16-24)29(23-10-11-23)19(2)30(32)33/h3-5,7-9,13-15,17,19,23-24,29H,6,10-12,16H2,1-2H3,(H,32,33)/t19-,24?,29-/m0/s1. The zero-order valence-corrected chi connectivity index (χ0v) is 19.4. The molecule has 3 heteroatoms. The Bertz CT molecular complexity index is 1180. The smallest absolute Gasteiger partial charge is 0.306 e. The van der Waals surface area contributed by atoms with E-state index < -0.39 is 5.97 Å². The summed E-state index contributed by atoms with van der Waals surface area (Å²) >= 11 is 0. The molecule has 1 fully saturated rings. The molecule has 1 saturated carbocycles. The first kappa shape index (κ1) is 21.9. The molecule has 0 saturated heterocycles. The minimum absolute atomic E-state index is 0.108. The Morgan fingerprint density at radius 3 is 2.42 bits per heavy atom. The molecule has 0 heterocycles. The molecule has 0 radical (unpaired) electrons. The van der Waals surface area contributed by atoms with Crippen LogP contribution >= 0.6 is 0 Å². The molecule has 3 aromatic rings. The number of halogens is 1. The molecule has 1 N–H and O–H groups in total. The largest absolute Gasteiger partial charge is 0.481 e. The van der Waals surface area contributed by atoms with Crippen LogP contribution in [0.15, 0.2) is 60.7 Å². The van der Waals surface area contributed by atoms with Crippen molar-refractivity contribution in [3.8, 4) is 11.1 Å². The van der Waals surface area contributed by atoms with Crippen molar-refractivity contribution in [3.63, 3.8) is 0 Å². The summed E-state index contributed by atoms with van der Waals surface area (Å²) < 4.78 is 14.3. The van der Waals surface area contributed by atoms with Crippen molar-refractivity contribution in [3.05, 3.63) is 94.3 Å². The van der Waals surface area contributed by atoms with E-state index in [1.54, 1.807) is 6.07 Å². The van der Waals surface area contributed by atoms with E-state index in [2.05, 4.69) is 30.3 Å². The maximum Gasteiger partial charge on any atom is 0.306 e. The van der Waals surface area contributed by atoms with Gasteiger partial charge in [-0.05, 0) is 96.7 Å². The van der Waals surface area contributed by atoms with Crippen molar-refractivity contribution < 1.29 is 14.3 Å². The summed E-state index contributed by atoms with van der Waals surface area (Å²) in [6.45, 7) is 3.84. The van der Waals surface area contributed by atoms with Crippen molar-refractivity contribution in [1.29, 1.82) is 0 Å². The van der Waals surface area contributed by atoms with E-state index in [1.165, 1.54) is 28.3 Å². The van der Waals surface area contributed by atoms with Crippen LogP contribution in [0.2, 0.25) is 0 Å². The zero-order valence-electron chi connectivity index (χ0n) is 19.4. The Balaban J connectivity index is 1.38. The number of hydrogen-bond donors (Lipinski definition) is 1. The third-order valence-electron chi connectivity index (χ3n) is 7.72. The van der Waals surface area contributed by atoms with Crippen molar-refractivity contribution >= 4 is 5.97 Å². The maximum absolute atomic E-state index is 14.3. The quantitative estimate of drug-likeness (QED) is 0.435. The fourth-order valence-corrected chi connectivity index (χ4v) is 5.64. The topological polar surface area (TPSA) is 37.3 Å². The molecule has 2 aliphatic rings. The number of carboxylic acids is 1. The lowest BCUT2D eigenvalue weighted by molar-refractivity contribution is -0.142. The van der Waals surface area contributed by atoms with E-state index in [4.69, 9.17) is 0 Å². The predicted molar refractivity (Wildman–Crippen MR) is 130 cm³/mol. The third kappa shape index (κ3) is 4.46. The molecule has 3 atom stereocenters. The van der Waals surface area contributed by atoms with Crippen LogP contribution in [-0.2, 0) is 17.6 Å². The Morgan fingerprint density at radius 1 is 0.970 bits per heavy atom. The highest BCUT2D eigenvalue weighted by Crippen LogP contribution is 2.47. The Labute approximate surface area is 195 Å². The van der Waals surface area contributed by atoms with Gasteiger partial charge < -0.3 is 5.11 Å². The minimum atomic E-state index is -0.701. The van der Waals surface area contributed by atoms with E-state index >= 15 is 0 Å². The molecule has 5 rings (SSSR count). The molecule has 0 bridgehead atoms. The molecule has 2 aliphatic carbocycles. The second-order valence-corrected chi connectivity index (χ2v) is 10.1. The lowest BCUT2D eigenvalue weighted by Crippen LogP contribution is -2.21. The van der Waals surface area contributed by atoms with Gasteiger partial charge in [-0.15, -0.1) is 0 Å². The number of hydrogen-bond acceptors (Lipinski definition) is 1. The first-order valence-electron chi connectivity index (χ1n) is 12.1. The van der Waals surface area contributed by atoms with Crippen molar-refractivity contribution in [2.45, 2.75) is 57.8 Å². The monoisotopic (exact) mass is 442 g/mol. The molecule has 170 valence electrons. The van der Waals surface area contributed by atoms with Gasteiger partial charge in [0.1, 0.15) is 5.82 Å². The van der Waals surface area contributed by atoms with Crippen LogP contribution in [0, 0.1) is 24.6 Å². The highest BCUT2D eigenvalue weighted by atomic mass is 19.1. The molecule has 0 aliphatic heterocycles. The number of carboxylic acid groups (broad SMARTS) is 1. The predicted octanol–water partition coefficient (Wildman–Crippen LogP) is 7.29. The molecular weight excluding hydrogens is 411 g/mol. The van der Waals surface area contributed by atoms with Crippen LogP contribution in [0.3, 0.4) is 0 Å². The van der Waals surface area contributed by atoms with Gasteiger partial charge in [0, 0.05) is 5.56 Å². The molecular formula is C30H31FO2. The van der Waals surface area contributed by atoms with Crippen molar-refractivity contribution in [1.82, 2.24) is 0 Å². The zero-order chi connectivity index (χ0) is 23.1. The van der Waals surface area contributed by atoms with Crippen molar-refractivity contribution in [2.24, 2.45) is 11.8 Å². The summed E-state index contributed by atoms with van der Waals surface area (Å²) in [5.41, 5.74) is 7.86. The fraction of sp³-hybridized carbons (Fsp3) is 0.367. The van der Waals surface area contributed by atoms with Gasteiger partial charge in [-0.3, -0.25) is 4.79 Å². The maximum atomic E-state index is 14.3. The van der Waals surface area contributed by atoms with Crippen LogP contribution in [0.25, 0.3) is 11.1 Å². The summed E-state index contributed by atoms with van der Waals surface area (Å²) in [7, 11) is 0. The molecule has 33 heavy (non-hydrogen) atoms. The van der Waals surface area contributed by atoms with E-state index in [-0.39, 0.29) is 17.7 Å². The fourth-order valence-electron chi connectivity index (χ4n) is 5.64. The summed E-state index contributed by atoms with van der Waals surface area (Å²) in [6, 6.07) is 20.3. The average molecular weight is 443 g/mol. The summed E-state index contributed by atoms with van der Waals surface area (Å²) in [5, 5.41) is 9.63. The summed E-state index contributed by atoms with van der Waals surface area (Å²) in [6.07, 6.45) is 5.38. The van der Waals surface area contributed by atoms with Gasteiger partial charge in [0.25, 0.3) is 0 Å². The van der Waals surface area contributed by atoms with E-state index in [0.29, 0.717) is 17.4 Å². The highest BCUT2D eigenvalue weighted by Gasteiger charge is 2.39. The van der Waals surface area contributed by atoms with Gasteiger partial charge in [-0.2, -0.15) is 0 Å².